The number of amides is 2. The van der Waals surface area contributed by atoms with Crippen molar-refractivity contribution in [2.24, 2.45) is 0 Å². The summed E-state index contributed by atoms with van der Waals surface area (Å²) in [4.78, 5) is 25.3. The lowest BCUT2D eigenvalue weighted by Gasteiger charge is -2.13. The van der Waals surface area contributed by atoms with E-state index in [0.29, 0.717) is 24.2 Å². The van der Waals surface area contributed by atoms with Gasteiger partial charge in [0, 0.05) is 17.6 Å². The third-order valence-corrected chi connectivity index (χ3v) is 3.19. The second-order valence-corrected chi connectivity index (χ2v) is 4.72. The van der Waals surface area contributed by atoms with Crippen LogP contribution < -0.4 is 5.32 Å². The van der Waals surface area contributed by atoms with E-state index in [2.05, 4.69) is 21.2 Å². The number of carbonyl (C=O) groups is 2. The lowest BCUT2D eigenvalue weighted by atomic mass is 10.1. The van der Waals surface area contributed by atoms with Crippen LogP contribution in [0, 0.1) is 0 Å². The fourth-order valence-electron chi connectivity index (χ4n) is 1.83. The summed E-state index contributed by atoms with van der Waals surface area (Å²) < 4.78 is 0.811. The summed E-state index contributed by atoms with van der Waals surface area (Å²) in [5.74, 6) is -0.403. The number of fused-ring (bicyclic) bond motifs is 1. The molecule has 2 amide bonds. The molecular weight excluding hydrogens is 284 g/mol. The summed E-state index contributed by atoms with van der Waals surface area (Å²) in [5, 5.41) is 3.10. The molecule has 1 aliphatic rings. The van der Waals surface area contributed by atoms with Crippen molar-refractivity contribution in [2.75, 3.05) is 19.6 Å². The van der Waals surface area contributed by atoms with Gasteiger partial charge in [0.05, 0.1) is 11.1 Å². The van der Waals surface area contributed by atoms with E-state index in [4.69, 9.17) is 0 Å². The lowest BCUT2D eigenvalue weighted by Crippen LogP contribution is -2.36. The highest BCUT2D eigenvalue weighted by molar-refractivity contribution is 9.10. The van der Waals surface area contributed by atoms with E-state index in [1.54, 1.807) is 18.2 Å². The van der Waals surface area contributed by atoms with Gasteiger partial charge >= 0.3 is 0 Å². The maximum atomic E-state index is 12.0. The predicted molar refractivity (Wildman–Crippen MR) is 68.1 cm³/mol. The molecule has 0 unspecified atom stereocenters. The Morgan fingerprint density at radius 2 is 1.94 bits per heavy atom. The van der Waals surface area contributed by atoms with Crippen LogP contribution >= 0.6 is 15.9 Å². The highest BCUT2D eigenvalue weighted by atomic mass is 79.9. The van der Waals surface area contributed by atoms with E-state index < -0.39 is 0 Å². The van der Waals surface area contributed by atoms with Crippen molar-refractivity contribution >= 4 is 27.7 Å². The van der Waals surface area contributed by atoms with E-state index in [-0.39, 0.29) is 11.8 Å². The molecule has 90 valence electrons. The van der Waals surface area contributed by atoms with Crippen LogP contribution in [0.2, 0.25) is 0 Å². The Kier molecular flexibility index (Phi) is 3.59. The zero-order chi connectivity index (χ0) is 12.4. The van der Waals surface area contributed by atoms with Crippen LogP contribution in [0.4, 0.5) is 0 Å². The highest BCUT2D eigenvalue weighted by Gasteiger charge is 2.34. The monoisotopic (exact) mass is 296 g/mol. The fourth-order valence-corrected chi connectivity index (χ4v) is 2.19. The summed E-state index contributed by atoms with van der Waals surface area (Å²) in [6.07, 6.45) is 0. The third-order valence-electron chi connectivity index (χ3n) is 2.69. The second-order valence-electron chi connectivity index (χ2n) is 3.81. The maximum Gasteiger partial charge on any atom is 0.261 e. The number of nitrogens with one attached hydrogen (secondary N) is 1. The molecule has 4 nitrogen and oxygen atoms in total. The van der Waals surface area contributed by atoms with Crippen LogP contribution in [0.5, 0.6) is 0 Å². The van der Waals surface area contributed by atoms with Crippen molar-refractivity contribution in [3.8, 4) is 0 Å². The molecule has 1 aliphatic heterocycles. The SMILES string of the molecule is CCNCCN1C(=O)c2ccc(Br)cc2C1=O. The first-order valence-corrected chi connectivity index (χ1v) is 6.31. The van der Waals surface area contributed by atoms with Gasteiger partial charge in [0.2, 0.25) is 0 Å². The third kappa shape index (κ3) is 2.25. The first-order valence-electron chi connectivity index (χ1n) is 5.51. The Hall–Kier alpha value is -1.20. The van der Waals surface area contributed by atoms with Crippen molar-refractivity contribution in [3.63, 3.8) is 0 Å². The number of benzene rings is 1. The Morgan fingerprint density at radius 3 is 2.65 bits per heavy atom. The minimum atomic E-state index is -0.204. The smallest absolute Gasteiger partial charge is 0.261 e. The molecule has 0 aromatic heterocycles. The number of nitrogens with zero attached hydrogens (tertiary/aromatic N) is 1. The number of carbonyl (C=O) groups excluding carboxylic acids is 2. The van der Waals surface area contributed by atoms with Crippen molar-refractivity contribution < 1.29 is 9.59 Å². The number of likely N-dealkylation sites (N-methyl/N-ethyl adjacent to an activating group) is 1. The predicted octanol–water partition coefficient (Wildman–Crippen LogP) is 1.65. The molecular formula is C12H13BrN2O2. The summed E-state index contributed by atoms with van der Waals surface area (Å²) in [5.41, 5.74) is 0.982. The average molecular weight is 297 g/mol. The summed E-state index contributed by atoms with van der Waals surface area (Å²) >= 11 is 3.30. The van der Waals surface area contributed by atoms with Gasteiger partial charge in [-0.05, 0) is 24.7 Å². The van der Waals surface area contributed by atoms with Crippen molar-refractivity contribution in [2.45, 2.75) is 6.92 Å². The normalized spacial score (nSPS) is 14.4. The fraction of sp³-hybridized carbons (Fsp3) is 0.333. The first-order chi connectivity index (χ1) is 8.15. The van der Waals surface area contributed by atoms with E-state index in [9.17, 15) is 9.59 Å². The van der Waals surface area contributed by atoms with Crippen molar-refractivity contribution in [1.29, 1.82) is 0 Å². The summed E-state index contributed by atoms with van der Waals surface area (Å²) in [6.45, 7) is 3.86. The van der Waals surface area contributed by atoms with Gasteiger partial charge in [-0.15, -0.1) is 0 Å². The summed E-state index contributed by atoms with van der Waals surface area (Å²) in [7, 11) is 0. The number of hydrogen-bond acceptors (Lipinski definition) is 3. The molecule has 5 heteroatoms. The van der Waals surface area contributed by atoms with Crippen LogP contribution in [0.25, 0.3) is 0 Å². The Balaban J connectivity index is 2.20. The average Bonchev–Trinajstić information content (AvgIpc) is 2.54. The molecule has 1 aromatic rings. The van der Waals surface area contributed by atoms with Crippen LogP contribution in [0.1, 0.15) is 27.6 Å². The minimum absolute atomic E-state index is 0.199. The van der Waals surface area contributed by atoms with Gasteiger partial charge in [-0.2, -0.15) is 0 Å². The van der Waals surface area contributed by atoms with E-state index in [0.717, 1.165) is 11.0 Å². The van der Waals surface area contributed by atoms with Gasteiger partial charge < -0.3 is 5.32 Å². The van der Waals surface area contributed by atoms with Gasteiger partial charge in [-0.3, -0.25) is 14.5 Å². The largest absolute Gasteiger partial charge is 0.315 e. The number of hydrogen-bond donors (Lipinski definition) is 1. The minimum Gasteiger partial charge on any atom is -0.315 e. The number of halogens is 1. The molecule has 0 bridgehead atoms. The molecule has 0 fully saturated rings. The Labute approximate surface area is 108 Å². The molecule has 1 heterocycles. The van der Waals surface area contributed by atoms with Crippen LogP contribution in [0.3, 0.4) is 0 Å². The van der Waals surface area contributed by atoms with Crippen molar-refractivity contribution in [3.05, 3.63) is 33.8 Å². The molecule has 2 rings (SSSR count). The number of imide groups is 1. The molecule has 1 aromatic carbocycles. The van der Waals surface area contributed by atoms with Crippen LogP contribution in [-0.2, 0) is 0 Å². The van der Waals surface area contributed by atoms with Crippen LogP contribution in [-0.4, -0.2) is 36.3 Å². The molecule has 0 radical (unpaired) electrons. The molecule has 0 saturated carbocycles. The van der Waals surface area contributed by atoms with E-state index >= 15 is 0 Å². The zero-order valence-corrected chi connectivity index (χ0v) is 11.1. The zero-order valence-electron chi connectivity index (χ0n) is 9.50. The second kappa shape index (κ2) is 4.98. The Bertz CT molecular complexity index is 474. The van der Waals surface area contributed by atoms with Gasteiger partial charge in [-0.25, -0.2) is 0 Å². The van der Waals surface area contributed by atoms with E-state index in [1.165, 1.54) is 4.90 Å². The van der Waals surface area contributed by atoms with Gasteiger partial charge in [0.15, 0.2) is 0 Å². The lowest BCUT2D eigenvalue weighted by molar-refractivity contribution is 0.0656. The molecule has 0 spiro atoms. The highest BCUT2D eigenvalue weighted by Crippen LogP contribution is 2.25. The molecule has 0 saturated heterocycles. The topological polar surface area (TPSA) is 49.4 Å². The maximum absolute atomic E-state index is 12.0. The van der Waals surface area contributed by atoms with Gasteiger partial charge in [0.1, 0.15) is 0 Å². The van der Waals surface area contributed by atoms with Crippen LogP contribution in [0.15, 0.2) is 22.7 Å². The standard InChI is InChI=1S/C12H13BrN2O2/c1-2-14-5-6-15-11(16)9-4-3-8(13)7-10(9)12(15)17/h3-4,7,14H,2,5-6H2,1H3. The quantitative estimate of drug-likeness (QED) is 0.679. The molecule has 1 N–H and O–H groups in total. The summed E-state index contributed by atoms with van der Waals surface area (Å²) in [6, 6.07) is 5.16. The molecule has 0 aliphatic carbocycles. The molecule has 17 heavy (non-hydrogen) atoms. The van der Waals surface area contributed by atoms with E-state index in [1.807, 2.05) is 6.92 Å². The molecule has 0 atom stereocenters. The first kappa shape index (κ1) is 12.3. The van der Waals surface area contributed by atoms with Crippen molar-refractivity contribution in [1.82, 2.24) is 10.2 Å². The van der Waals surface area contributed by atoms with Gasteiger partial charge in [-0.1, -0.05) is 22.9 Å². The van der Waals surface area contributed by atoms with Gasteiger partial charge in [0.25, 0.3) is 11.8 Å². The number of rotatable bonds is 4. The Morgan fingerprint density at radius 1 is 1.24 bits per heavy atom.